The number of hydrogen-bond donors (Lipinski definition) is 2. The number of benzene rings is 2. The Kier molecular flexibility index (Phi) is 5.16. The van der Waals surface area contributed by atoms with Crippen molar-refractivity contribution in [3.05, 3.63) is 69.9 Å². The summed E-state index contributed by atoms with van der Waals surface area (Å²) in [6.45, 7) is 0. The topological polar surface area (TPSA) is 84.3 Å². The number of halogens is 2. The molecule has 0 aliphatic heterocycles. The average molecular weight is 421 g/mol. The normalized spacial score (nSPS) is 10.3. The van der Waals surface area contributed by atoms with Gasteiger partial charge in [0.2, 0.25) is 5.88 Å². The van der Waals surface area contributed by atoms with Gasteiger partial charge in [-0.05, 0) is 52.3 Å². The summed E-state index contributed by atoms with van der Waals surface area (Å²) in [5, 5.41) is 12.0. The molecule has 0 saturated carbocycles. The maximum atomic E-state index is 12.4. The van der Waals surface area contributed by atoms with Gasteiger partial charge in [0.1, 0.15) is 22.8 Å². The fourth-order valence-electron chi connectivity index (χ4n) is 1.96. The summed E-state index contributed by atoms with van der Waals surface area (Å²) in [7, 11) is 0. The summed E-state index contributed by atoms with van der Waals surface area (Å²) in [6.07, 6.45) is 1.23. The van der Waals surface area contributed by atoms with Crippen LogP contribution in [0.15, 0.2) is 59.3 Å². The minimum absolute atomic E-state index is 0.0657. The lowest BCUT2D eigenvalue weighted by atomic mass is 10.2. The van der Waals surface area contributed by atoms with Gasteiger partial charge in [0, 0.05) is 4.47 Å². The van der Waals surface area contributed by atoms with Crippen LogP contribution in [0, 0.1) is 0 Å². The van der Waals surface area contributed by atoms with Crippen LogP contribution >= 0.6 is 27.5 Å². The number of carbonyl (C=O) groups excluding carboxylic acids is 1. The number of aromatic nitrogens is 2. The molecule has 0 aliphatic carbocycles. The number of anilines is 1. The molecule has 25 heavy (non-hydrogen) atoms. The Hall–Kier alpha value is -2.64. The minimum atomic E-state index is -0.372. The first kappa shape index (κ1) is 17.2. The molecule has 0 atom stereocenters. The van der Waals surface area contributed by atoms with Gasteiger partial charge in [-0.15, -0.1) is 0 Å². The molecule has 0 aliphatic rings. The van der Waals surface area contributed by atoms with E-state index in [9.17, 15) is 9.90 Å². The second-order valence-corrected chi connectivity index (χ2v) is 6.10. The van der Waals surface area contributed by atoms with E-state index in [1.54, 1.807) is 30.3 Å². The van der Waals surface area contributed by atoms with E-state index in [2.05, 4.69) is 31.2 Å². The third-order valence-corrected chi connectivity index (χ3v) is 4.19. The van der Waals surface area contributed by atoms with E-state index in [0.717, 1.165) is 0 Å². The van der Waals surface area contributed by atoms with Crippen molar-refractivity contribution >= 4 is 39.3 Å². The highest BCUT2D eigenvalue weighted by molar-refractivity contribution is 9.10. The second kappa shape index (κ2) is 7.50. The fraction of sp³-hybridized carbons (Fsp3) is 0. The zero-order valence-electron chi connectivity index (χ0n) is 12.6. The first-order valence-electron chi connectivity index (χ1n) is 7.08. The monoisotopic (exact) mass is 419 g/mol. The largest absolute Gasteiger partial charge is 0.508 e. The van der Waals surface area contributed by atoms with Gasteiger partial charge in [0.25, 0.3) is 5.91 Å². The SMILES string of the molecule is O=C(Nc1ncnc(Oc2ccc(O)cc2)c1Cl)c1ccccc1Br. The molecule has 1 heterocycles. The molecule has 0 bridgehead atoms. The number of carbonyl (C=O) groups is 1. The van der Waals surface area contributed by atoms with E-state index in [-0.39, 0.29) is 28.4 Å². The predicted octanol–water partition coefficient (Wildman–Crippen LogP) is 4.64. The van der Waals surface area contributed by atoms with Crippen LogP contribution in [0.25, 0.3) is 0 Å². The van der Waals surface area contributed by atoms with Crippen LogP contribution < -0.4 is 10.1 Å². The summed E-state index contributed by atoms with van der Waals surface area (Å²) >= 11 is 9.56. The van der Waals surface area contributed by atoms with Crippen molar-refractivity contribution in [2.45, 2.75) is 0 Å². The molecule has 2 aromatic carbocycles. The number of nitrogens with zero attached hydrogens (tertiary/aromatic N) is 2. The molecule has 0 spiro atoms. The highest BCUT2D eigenvalue weighted by Crippen LogP contribution is 2.32. The highest BCUT2D eigenvalue weighted by Gasteiger charge is 2.16. The lowest BCUT2D eigenvalue weighted by molar-refractivity contribution is 0.102. The molecule has 3 rings (SSSR count). The summed E-state index contributed by atoms with van der Waals surface area (Å²) in [6, 6.07) is 13.1. The van der Waals surface area contributed by atoms with Gasteiger partial charge in [-0.3, -0.25) is 4.79 Å². The molecule has 0 fully saturated rings. The van der Waals surface area contributed by atoms with E-state index in [1.807, 2.05) is 6.07 Å². The maximum Gasteiger partial charge on any atom is 0.258 e. The standard InChI is InChI=1S/C17H11BrClN3O3/c18-13-4-2-1-3-12(13)16(24)22-15-14(19)17(21-9-20-15)25-11-7-5-10(23)6-8-11/h1-9,23H,(H,20,21,22,24). The van der Waals surface area contributed by atoms with Crippen molar-refractivity contribution in [3.8, 4) is 17.4 Å². The Morgan fingerprint density at radius 1 is 1.12 bits per heavy atom. The van der Waals surface area contributed by atoms with Crippen LogP contribution in [0.4, 0.5) is 5.82 Å². The van der Waals surface area contributed by atoms with E-state index in [0.29, 0.717) is 15.8 Å². The summed E-state index contributed by atoms with van der Waals surface area (Å²) in [5.74, 6) is 0.392. The Morgan fingerprint density at radius 2 is 1.84 bits per heavy atom. The van der Waals surface area contributed by atoms with E-state index in [1.165, 1.54) is 18.5 Å². The minimum Gasteiger partial charge on any atom is -0.508 e. The van der Waals surface area contributed by atoms with Crippen LogP contribution in [0.2, 0.25) is 5.02 Å². The number of phenolic OH excluding ortho intramolecular Hbond substituents is 1. The number of phenols is 1. The number of nitrogens with one attached hydrogen (secondary N) is 1. The fourth-order valence-corrected chi connectivity index (χ4v) is 2.61. The van der Waals surface area contributed by atoms with Crippen molar-refractivity contribution in [3.63, 3.8) is 0 Å². The number of amides is 1. The Morgan fingerprint density at radius 3 is 2.56 bits per heavy atom. The Labute approximate surface area is 156 Å². The van der Waals surface area contributed by atoms with Gasteiger partial charge in [0.15, 0.2) is 5.82 Å². The number of rotatable bonds is 4. The molecule has 126 valence electrons. The van der Waals surface area contributed by atoms with E-state index in [4.69, 9.17) is 16.3 Å². The second-order valence-electron chi connectivity index (χ2n) is 4.87. The van der Waals surface area contributed by atoms with Gasteiger partial charge >= 0.3 is 0 Å². The maximum absolute atomic E-state index is 12.4. The van der Waals surface area contributed by atoms with Crippen LogP contribution in [0.1, 0.15) is 10.4 Å². The zero-order valence-corrected chi connectivity index (χ0v) is 15.0. The van der Waals surface area contributed by atoms with Gasteiger partial charge in [-0.25, -0.2) is 4.98 Å². The molecule has 6 nitrogen and oxygen atoms in total. The summed E-state index contributed by atoms with van der Waals surface area (Å²) in [5.41, 5.74) is 0.443. The molecule has 0 unspecified atom stereocenters. The van der Waals surface area contributed by atoms with Gasteiger partial charge in [0.05, 0.1) is 5.56 Å². The molecule has 1 amide bonds. The molecular weight excluding hydrogens is 410 g/mol. The Bertz CT molecular complexity index is 919. The molecular formula is C17H11BrClN3O3. The van der Waals surface area contributed by atoms with Crippen molar-refractivity contribution in [1.29, 1.82) is 0 Å². The zero-order chi connectivity index (χ0) is 17.8. The number of aromatic hydroxyl groups is 1. The summed E-state index contributed by atoms with van der Waals surface area (Å²) < 4.78 is 6.21. The van der Waals surface area contributed by atoms with Gasteiger partial charge < -0.3 is 15.2 Å². The van der Waals surface area contributed by atoms with E-state index >= 15 is 0 Å². The van der Waals surface area contributed by atoms with Crippen molar-refractivity contribution in [2.24, 2.45) is 0 Å². The molecule has 1 aromatic heterocycles. The van der Waals surface area contributed by atoms with Crippen molar-refractivity contribution in [1.82, 2.24) is 9.97 Å². The molecule has 0 saturated heterocycles. The first-order chi connectivity index (χ1) is 12.0. The first-order valence-corrected chi connectivity index (χ1v) is 8.25. The third-order valence-electron chi connectivity index (χ3n) is 3.16. The summed E-state index contributed by atoms with van der Waals surface area (Å²) in [4.78, 5) is 20.3. The lowest BCUT2D eigenvalue weighted by Gasteiger charge is -2.10. The molecule has 8 heteroatoms. The quantitative estimate of drug-likeness (QED) is 0.642. The van der Waals surface area contributed by atoms with Gasteiger partial charge in [-0.2, -0.15) is 4.98 Å². The predicted molar refractivity (Wildman–Crippen MR) is 97.3 cm³/mol. The lowest BCUT2D eigenvalue weighted by Crippen LogP contribution is -2.14. The molecule has 0 radical (unpaired) electrons. The van der Waals surface area contributed by atoms with Crippen LogP contribution in [0.5, 0.6) is 17.4 Å². The van der Waals surface area contributed by atoms with Crippen LogP contribution in [-0.2, 0) is 0 Å². The molecule has 2 N–H and O–H groups in total. The smallest absolute Gasteiger partial charge is 0.258 e. The van der Waals surface area contributed by atoms with Gasteiger partial charge in [-0.1, -0.05) is 23.7 Å². The van der Waals surface area contributed by atoms with Crippen molar-refractivity contribution in [2.75, 3.05) is 5.32 Å². The van der Waals surface area contributed by atoms with Crippen LogP contribution in [-0.4, -0.2) is 21.0 Å². The number of hydrogen-bond acceptors (Lipinski definition) is 5. The molecule has 3 aromatic rings. The van der Waals surface area contributed by atoms with E-state index < -0.39 is 0 Å². The third kappa shape index (κ3) is 4.07. The van der Waals surface area contributed by atoms with Crippen LogP contribution in [0.3, 0.4) is 0 Å². The average Bonchev–Trinajstić information content (AvgIpc) is 2.60. The highest BCUT2D eigenvalue weighted by atomic mass is 79.9. The van der Waals surface area contributed by atoms with Crippen molar-refractivity contribution < 1.29 is 14.6 Å². The Balaban J connectivity index is 1.82. The number of ether oxygens (including phenoxy) is 1.